The molecule has 0 saturated heterocycles. The summed E-state index contributed by atoms with van der Waals surface area (Å²) in [6.07, 6.45) is 2.71. The molecule has 0 aliphatic carbocycles. The first-order valence-electron chi connectivity index (χ1n) is 7.10. The average molecular weight is 301 g/mol. The molecule has 1 amide bonds. The first kappa shape index (κ1) is 15.7. The summed E-state index contributed by atoms with van der Waals surface area (Å²) in [5.41, 5.74) is 1.29. The van der Waals surface area contributed by atoms with E-state index in [1.165, 1.54) is 0 Å². The molecule has 2 heterocycles. The third kappa shape index (κ3) is 4.41. The van der Waals surface area contributed by atoms with Crippen LogP contribution in [0.5, 0.6) is 5.88 Å². The van der Waals surface area contributed by atoms with Gasteiger partial charge < -0.3 is 15.4 Å². The number of pyridine rings is 1. The van der Waals surface area contributed by atoms with Gasteiger partial charge in [0.1, 0.15) is 5.82 Å². The molecule has 2 rings (SSSR count). The normalized spacial score (nSPS) is 10.1. The summed E-state index contributed by atoms with van der Waals surface area (Å²) in [7, 11) is 1.55. The van der Waals surface area contributed by atoms with Crippen LogP contribution >= 0.6 is 0 Å². The van der Waals surface area contributed by atoms with Crippen LogP contribution in [-0.2, 0) is 6.54 Å². The van der Waals surface area contributed by atoms with Crippen molar-refractivity contribution in [1.82, 2.24) is 20.5 Å². The maximum Gasteiger partial charge on any atom is 0.271 e. The van der Waals surface area contributed by atoms with Crippen LogP contribution in [0.1, 0.15) is 29.4 Å². The van der Waals surface area contributed by atoms with E-state index in [-0.39, 0.29) is 11.6 Å². The molecule has 7 heteroatoms. The van der Waals surface area contributed by atoms with E-state index in [4.69, 9.17) is 4.74 Å². The van der Waals surface area contributed by atoms with Crippen LogP contribution in [0.15, 0.2) is 30.5 Å². The van der Waals surface area contributed by atoms with Gasteiger partial charge in [0.15, 0.2) is 5.69 Å². The maximum atomic E-state index is 11.4. The number of carbonyl (C=O) groups excluding carboxylic acids is 1. The van der Waals surface area contributed by atoms with Crippen molar-refractivity contribution in [3.05, 3.63) is 41.7 Å². The second-order valence-electron chi connectivity index (χ2n) is 4.59. The SMILES string of the molecule is CCCOc1ccc(CNc2ccc(C(=O)NC)nn2)cn1. The number of ether oxygens (including phenoxy) is 1. The van der Waals surface area contributed by atoms with Crippen LogP contribution in [-0.4, -0.2) is 34.7 Å². The van der Waals surface area contributed by atoms with Gasteiger partial charge in [-0.25, -0.2) is 4.98 Å². The lowest BCUT2D eigenvalue weighted by atomic mass is 10.3. The van der Waals surface area contributed by atoms with E-state index in [0.29, 0.717) is 24.8 Å². The first-order valence-corrected chi connectivity index (χ1v) is 7.10. The third-order valence-electron chi connectivity index (χ3n) is 2.85. The van der Waals surface area contributed by atoms with Gasteiger partial charge in [-0.05, 0) is 24.1 Å². The lowest BCUT2D eigenvalue weighted by molar-refractivity contribution is 0.0957. The van der Waals surface area contributed by atoms with Crippen LogP contribution in [0.3, 0.4) is 0 Å². The molecule has 0 atom stereocenters. The largest absolute Gasteiger partial charge is 0.478 e. The van der Waals surface area contributed by atoms with E-state index in [2.05, 4.69) is 32.7 Å². The maximum absolute atomic E-state index is 11.4. The molecule has 0 bridgehead atoms. The monoisotopic (exact) mass is 301 g/mol. The number of nitrogens with zero attached hydrogens (tertiary/aromatic N) is 3. The fourth-order valence-corrected chi connectivity index (χ4v) is 1.68. The predicted octanol–water partition coefficient (Wildman–Crippen LogP) is 1.63. The molecule has 2 aromatic heterocycles. The molecule has 0 unspecified atom stereocenters. The predicted molar refractivity (Wildman–Crippen MR) is 82.8 cm³/mol. The zero-order chi connectivity index (χ0) is 15.8. The molecule has 0 aliphatic rings. The third-order valence-corrected chi connectivity index (χ3v) is 2.85. The summed E-state index contributed by atoms with van der Waals surface area (Å²) in [5.74, 6) is 0.963. The number of rotatable bonds is 7. The highest BCUT2D eigenvalue weighted by molar-refractivity contribution is 5.91. The first-order chi connectivity index (χ1) is 10.7. The fraction of sp³-hybridized carbons (Fsp3) is 0.333. The number of hydrogen-bond acceptors (Lipinski definition) is 6. The molecule has 7 nitrogen and oxygen atoms in total. The van der Waals surface area contributed by atoms with Crippen molar-refractivity contribution < 1.29 is 9.53 Å². The van der Waals surface area contributed by atoms with Gasteiger partial charge in [-0.1, -0.05) is 13.0 Å². The Morgan fingerprint density at radius 3 is 2.68 bits per heavy atom. The van der Waals surface area contributed by atoms with Crippen molar-refractivity contribution in [2.75, 3.05) is 19.0 Å². The number of aromatic nitrogens is 3. The molecule has 116 valence electrons. The van der Waals surface area contributed by atoms with Gasteiger partial charge >= 0.3 is 0 Å². The van der Waals surface area contributed by atoms with E-state index in [0.717, 1.165) is 12.0 Å². The van der Waals surface area contributed by atoms with E-state index in [9.17, 15) is 4.79 Å². The zero-order valence-electron chi connectivity index (χ0n) is 12.7. The molecule has 2 N–H and O–H groups in total. The minimum absolute atomic E-state index is 0.258. The number of carbonyl (C=O) groups is 1. The van der Waals surface area contributed by atoms with Crippen LogP contribution in [0.25, 0.3) is 0 Å². The Kier molecular flexibility index (Phi) is 5.65. The smallest absolute Gasteiger partial charge is 0.271 e. The number of anilines is 1. The van der Waals surface area contributed by atoms with Gasteiger partial charge in [0.2, 0.25) is 5.88 Å². The zero-order valence-corrected chi connectivity index (χ0v) is 12.7. The molecule has 22 heavy (non-hydrogen) atoms. The van der Waals surface area contributed by atoms with E-state index < -0.39 is 0 Å². The minimum Gasteiger partial charge on any atom is -0.478 e. The van der Waals surface area contributed by atoms with E-state index in [1.54, 1.807) is 25.4 Å². The minimum atomic E-state index is -0.258. The van der Waals surface area contributed by atoms with Gasteiger partial charge in [-0.2, -0.15) is 0 Å². The topological polar surface area (TPSA) is 89.0 Å². The van der Waals surface area contributed by atoms with E-state index in [1.807, 2.05) is 12.1 Å². The second-order valence-corrected chi connectivity index (χ2v) is 4.59. The van der Waals surface area contributed by atoms with Crippen LogP contribution < -0.4 is 15.4 Å². The molecule has 0 aromatic carbocycles. The molecule has 0 saturated carbocycles. The molecule has 0 radical (unpaired) electrons. The summed E-state index contributed by atoms with van der Waals surface area (Å²) >= 11 is 0. The Balaban J connectivity index is 1.88. The van der Waals surface area contributed by atoms with Gasteiger partial charge in [0.25, 0.3) is 5.91 Å². The molecule has 0 aliphatic heterocycles. The standard InChI is InChI=1S/C15H19N5O2/c1-3-8-22-14-7-4-11(10-18-14)9-17-13-6-5-12(19-20-13)15(21)16-2/h4-7,10H,3,8-9H2,1-2H3,(H,16,21)(H,17,20). The Hall–Kier alpha value is -2.70. The number of nitrogens with one attached hydrogen (secondary N) is 2. The highest BCUT2D eigenvalue weighted by Gasteiger charge is 2.05. The Bertz CT molecular complexity index is 598. The number of amides is 1. The summed E-state index contributed by atoms with van der Waals surface area (Å²) in [4.78, 5) is 15.6. The van der Waals surface area contributed by atoms with Crippen molar-refractivity contribution in [2.24, 2.45) is 0 Å². The molecule has 2 aromatic rings. The van der Waals surface area contributed by atoms with Crippen molar-refractivity contribution in [2.45, 2.75) is 19.9 Å². The van der Waals surface area contributed by atoms with E-state index >= 15 is 0 Å². The Labute approximate surface area is 129 Å². The molecular weight excluding hydrogens is 282 g/mol. The average Bonchev–Trinajstić information content (AvgIpc) is 2.58. The van der Waals surface area contributed by atoms with Crippen molar-refractivity contribution in [3.63, 3.8) is 0 Å². The molecular formula is C15H19N5O2. The lowest BCUT2D eigenvalue weighted by Crippen LogP contribution is -2.19. The number of hydrogen-bond donors (Lipinski definition) is 2. The van der Waals surface area contributed by atoms with Crippen LogP contribution in [0.2, 0.25) is 0 Å². The highest BCUT2D eigenvalue weighted by Crippen LogP contribution is 2.10. The van der Waals surface area contributed by atoms with Gasteiger partial charge in [0.05, 0.1) is 6.61 Å². The Morgan fingerprint density at radius 2 is 2.09 bits per heavy atom. The van der Waals surface area contributed by atoms with Crippen LogP contribution in [0, 0.1) is 0 Å². The van der Waals surface area contributed by atoms with Gasteiger partial charge in [-0.15, -0.1) is 10.2 Å². The summed E-state index contributed by atoms with van der Waals surface area (Å²) in [6, 6.07) is 7.11. The summed E-state index contributed by atoms with van der Waals surface area (Å²) < 4.78 is 5.43. The quantitative estimate of drug-likeness (QED) is 0.808. The highest BCUT2D eigenvalue weighted by atomic mass is 16.5. The lowest BCUT2D eigenvalue weighted by Gasteiger charge is -2.07. The van der Waals surface area contributed by atoms with Crippen molar-refractivity contribution >= 4 is 11.7 Å². The fourth-order valence-electron chi connectivity index (χ4n) is 1.68. The van der Waals surface area contributed by atoms with Gasteiger partial charge in [-0.3, -0.25) is 4.79 Å². The molecule has 0 fully saturated rings. The Morgan fingerprint density at radius 1 is 1.23 bits per heavy atom. The van der Waals surface area contributed by atoms with Crippen molar-refractivity contribution in [3.8, 4) is 5.88 Å². The second kappa shape index (κ2) is 7.92. The summed E-state index contributed by atoms with van der Waals surface area (Å²) in [6.45, 7) is 3.28. The molecule has 0 spiro atoms. The van der Waals surface area contributed by atoms with Crippen LogP contribution in [0.4, 0.5) is 5.82 Å². The van der Waals surface area contributed by atoms with Gasteiger partial charge in [0, 0.05) is 25.9 Å². The summed E-state index contributed by atoms with van der Waals surface area (Å²) in [5, 5.41) is 13.4. The van der Waals surface area contributed by atoms with Crippen molar-refractivity contribution in [1.29, 1.82) is 0 Å².